The summed E-state index contributed by atoms with van der Waals surface area (Å²) in [7, 11) is 0. The fraction of sp³-hybridized carbons (Fsp3) is 0.263. The number of aromatic nitrogens is 1. The molecule has 0 aliphatic carbocycles. The molecule has 32 heavy (non-hydrogen) atoms. The van der Waals surface area contributed by atoms with Crippen molar-refractivity contribution in [3.05, 3.63) is 41.2 Å². The lowest BCUT2D eigenvalue weighted by Gasteiger charge is -2.13. The Balaban J connectivity index is 2.19. The summed E-state index contributed by atoms with van der Waals surface area (Å²) in [5.41, 5.74) is 0. The number of ketones is 1. The van der Waals surface area contributed by atoms with Crippen molar-refractivity contribution < 1.29 is 46.2 Å². The second kappa shape index (κ2) is 10.8. The van der Waals surface area contributed by atoms with E-state index >= 15 is 0 Å². The van der Waals surface area contributed by atoms with Gasteiger partial charge in [0.15, 0.2) is 29.7 Å². The SMILES string of the molecule is CCOC(=O)COc1ccccc1Oc1nc(NC(=O)CC(=O)C(F)(F)F)c(F)cc1Cl. The number of hydrogen-bond acceptors (Lipinski definition) is 7. The number of nitrogens with one attached hydrogen (secondary N) is 1. The van der Waals surface area contributed by atoms with Crippen LogP contribution in [-0.4, -0.2) is 42.0 Å². The van der Waals surface area contributed by atoms with Crippen LogP contribution in [0.2, 0.25) is 5.02 Å². The largest absolute Gasteiger partial charge is 0.478 e. The minimum atomic E-state index is -5.22. The Morgan fingerprint density at radius 1 is 1.16 bits per heavy atom. The first-order chi connectivity index (χ1) is 15.0. The van der Waals surface area contributed by atoms with Gasteiger partial charge >= 0.3 is 12.1 Å². The van der Waals surface area contributed by atoms with E-state index in [1.165, 1.54) is 18.2 Å². The molecule has 1 aromatic heterocycles. The van der Waals surface area contributed by atoms with E-state index in [1.54, 1.807) is 18.3 Å². The standard InChI is InChI=1S/C19H15ClF4N2O6/c1-2-30-16(29)9-31-12-5-3-4-6-13(12)32-18-10(20)7-11(21)17(26-18)25-15(28)8-14(27)19(22,23)24/h3-7H,2,8-9H2,1H3,(H,25,26,28). The molecule has 1 heterocycles. The topological polar surface area (TPSA) is 104 Å². The van der Waals surface area contributed by atoms with Gasteiger partial charge in [0.25, 0.3) is 0 Å². The number of amides is 1. The van der Waals surface area contributed by atoms with Gasteiger partial charge in [0.05, 0.1) is 13.0 Å². The molecule has 0 radical (unpaired) electrons. The van der Waals surface area contributed by atoms with E-state index < -0.39 is 54.4 Å². The Hall–Kier alpha value is -3.41. The van der Waals surface area contributed by atoms with Crippen molar-refractivity contribution in [2.75, 3.05) is 18.5 Å². The normalized spacial score (nSPS) is 10.9. The molecule has 1 aromatic carbocycles. The number of Topliss-reactive ketones (excluding diaryl/α,β-unsaturated/α-hetero) is 1. The van der Waals surface area contributed by atoms with Crippen molar-refractivity contribution in [2.24, 2.45) is 0 Å². The first-order valence-electron chi connectivity index (χ1n) is 8.82. The third-order valence-corrected chi connectivity index (χ3v) is 3.77. The summed E-state index contributed by atoms with van der Waals surface area (Å²) in [6, 6.07) is 6.65. The summed E-state index contributed by atoms with van der Waals surface area (Å²) >= 11 is 5.90. The molecular formula is C19H15ClF4N2O6. The lowest BCUT2D eigenvalue weighted by molar-refractivity contribution is -0.171. The van der Waals surface area contributed by atoms with Crippen LogP contribution in [0, 0.1) is 5.82 Å². The van der Waals surface area contributed by atoms with Crippen molar-refractivity contribution in [1.82, 2.24) is 4.98 Å². The van der Waals surface area contributed by atoms with E-state index in [9.17, 15) is 31.9 Å². The van der Waals surface area contributed by atoms with Crippen molar-refractivity contribution in [2.45, 2.75) is 19.5 Å². The lowest BCUT2D eigenvalue weighted by atomic mass is 10.2. The van der Waals surface area contributed by atoms with Crippen molar-refractivity contribution in [1.29, 1.82) is 0 Å². The van der Waals surface area contributed by atoms with Gasteiger partial charge in [-0.25, -0.2) is 9.18 Å². The van der Waals surface area contributed by atoms with Crippen molar-refractivity contribution in [3.8, 4) is 17.4 Å². The minimum absolute atomic E-state index is 0.00216. The van der Waals surface area contributed by atoms with Crippen molar-refractivity contribution >= 4 is 35.1 Å². The molecule has 0 spiro atoms. The van der Waals surface area contributed by atoms with Gasteiger partial charge in [-0.2, -0.15) is 18.2 Å². The molecule has 0 aliphatic rings. The lowest BCUT2D eigenvalue weighted by Crippen LogP contribution is -2.28. The Bertz CT molecular complexity index is 1020. The number of esters is 1. The highest BCUT2D eigenvalue weighted by molar-refractivity contribution is 6.32. The number of halogens is 5. The number of anilines is 1. The molecule has 0 atom stereocenters. The number of pyridine rings is 1. The van der Waals surface area contributed by atoms with Crippen LogP contribution in [-0.2, 0) is 19.1 Å². The molecule has 0 unspecified atom stereocenters. The number of hydrogen-bond donors (Lipinski definition) is 1. The quantitative estimate of drug-likeness (QED) is 0.329. The summed E-state index contributed by atoms with van der Waals surface area (Å²) in [5.74, 6) is -6.74. The van der Waals surface area contributed by atoms with Crippen LogP contribution >= 0.6 is 11.6 Å². The number of ether oxygens (including phenoxy) is 3. The summed E-state index contributed by atoms with van der Waals surface area (Å²) in [6.07, 6.45) is -6.78. The van der Waals surface area contributed by atoms with Crippen LogP contribution in [0.4, 0.5) is 23.4 Å². The number of nitrogens with zero attached hydrogens (tertiary/aromatic N) is 1. The third kappa shape index (κ3) is 7.08. The second-order valence-electron chi connectivity index (χ2n) is 5.89. The molecular weight excluding hydrogens is 464 g/mol. The van der Waals surface area contributed by atoms with Gasteiger partial charge in [-0.15, -0.1) is 0 Å². The molecule has 0 bridgehead atoms. The zero-order valence-electron chi connectivity index (χ0n) is 16.3. The molecule has 1 amide bonds. The number of carbonyl (C=O) groups excluding carboxylic acids is 3. The summed E-state index contributed by atoms with van der Waals surface area (Å²) < 4.78 is 66.4. The van der Waals surface area contributed by atoms with Gasteiger partial charge in [-0.3, -0.25) is 9.59 Å². The Kier molecular flexibility index (Phi) is 8.35. The van der Waals surface area contributed by atoms with Gasteiger partial charge in [-0.1, -0.05) is 23.7 Å². The number of rotatable bonds is 9. The summed E-state index contributed by atoms with van der Waals surface area (Å²) in [4.78, 5) is 37.7. The second-order valence-corrected chi connectivity index (χ2v) is 6.30. The first kappa shape index (κ1) is 24.9. The van der Waals surface area contributed by atoms with Gasteiger partial charge in [0, 0.05) is 6.07 Å². The predicted octanol–water partition coefficient (Wildman–Crippen LogP) is 4.07. The van der Waals surface area contributed by atoms with E-state index in [4.69, 9.17) is 25.8 Å². The monoisotopic (exact) mass is 478 g/mol. The average Bonchev–Trinajstić information content (AvgIpc) is 2.70. The number of alkyl halides is 3. The first-order valence-corrected chi connectivity index (χ1v) is 9.20. The van der Waals surface area contributed by atoms with E-state index in [2.05, 4.69) is 4.98 Å². The highest BCUT2D eigenvalue weighted by Crippen LogP contribution is 2.35. The fourth-order valence-corrected chi connectivity index (χ4v) is 2.31. The van der Waals surface area contributed by atoms with Crippen LogP contribution < -0.4 is 14.8 Å². The smallest absolute Gasteiger partial charge is 0.450 e. The van der Waals surface area contributed by atoms with Crippen LogP contribution in [0.3, 0.4) is 0 Å². The Morgan fingerprint density at radius 3 is 2.44 bits per heavy atom. The maximum absolute atomic E-state index is 14.1. The van der Waals surface area contributed by atoms with Gasteiger partial charge in [-0.05, 0) is 19.1 Å². The maximum Gasteiger partial charge on any atom is 0.450 e. The molecule has 0 saturated carbocycles. The molecule has 0 fully saturated rings. The zero-order valence-corrected chi connectivity index (χ0v) is 17.1. The fourth-order valence-electron chi connectivity index (χ4n) is 2.13. The molecule has 13 heteroatoms. The highest BCUT2D eigenvalue weighted by Gasteiger charge is 2.39. The van der Waals surface area contributed by atoms with Crippen LogP contribution in [0.1, 0.15) is 13.3 Å². The Labute approximate surface area is 183 Å². The minimum Gasteiger partial charge on any atom is -0.478 e. The predicted molar refractivity (Wildman–Crippen MR) is 102 cm³/mol. The van der Waals surface area contributed by atoms with Gasteiger partial charge in [0.1, 0.15) is 5.02 Å². The number of benzene rings is 1. The van der Waals surface area contributed by atoms with E-state index in [0.29, 0.717) is 6.07 Å². The van der Waals surface area contributed by atoms with Crippen molar-refractivity contribution in [3.63, 3.8) is 0 Å². The molecule has 8 nitrogen and oxygen atoms in total. The molecule has 1 N–H and O–H groups in total. The zero-order chi connectivity index (χ0) is 23.9. The number of para-hydroxylation sites is 2. The molecule has 2 aromatic rings. The average molecular weight is 479 g/mol. The highest BCUT2D eigenvalue weighted by atomic mass is 35.5. The van der Waals surface area contributed by atoms with E-state index in [1.807, 2.05) is 0 Å². The van der Waals surface area contributed by atoms with E-state index in [0.717, 1.165) is 0 Å². The van der Waals surface area contributed by atoms with Crippen LogP contribution in [0.15, 0.2) is 30.3 Å². The van der Waals surface area contributed by atoms with Gasteiger partial charge < -0.3 is 19.5 Å². The van der Waals surface area contributed by atoms with Gasteiger partial charge in [0.2, 0.25) is 17.6 Å². The third-order valence-electron chi connectivity index (χ3n) is 3.50. The van der Waals surface area contributed by atoms with Crippen LogP contribution in [0.5, 0.6) is 17.4 Å². The number of carbonyl (C=O) groups is 3. The Morgan fingerprint density at radius 2 is 1.81 bits per heavy atom. The summed E-state index contributed by atoms with van der Waals surface area (Å²) in [6.45, 7) is 1.33. The molecule has 172 valence electrons. The van der Waals surface area contributed by atoms with E-state index in [-0.39, 0.29) is 23.1 Å². The summed E-state index contributed by atoms with van der Waals surface area (Å²) in [5, 5.41) is 1.42. The molecule has 0 saturated heterocycles. The molecule has 2 rings (SSSR count). The molecule has 0 aliphatic heterocycles. The van der Waals surface area contributed by atoms with Crippen LogP contribution in [0.25, 0.3) is 0 Å². The maximum atomic E-state index is 14.1.